The van der Waals surface area contributed by atoms with Crippen molar-refractivity contribution in [2.24, 2.45) is 0 Å². The predicted molar refractivity (Wildman–Crippen MR) is 64.9 cm³/mol. The number of benzene rings is 1. The second-order valence-electron chi connectivity index (χ2n) is 4.18. The number of hydrogen-bond donors (Lipinski definition) is 2. The molecule has 2 N–H and O–H groups in total. The number of aliphatic hydroxyl groups excluding tert-OH is 1. The summed E-state index contributed by atoms with van der Waals surface area (Å²) in [5.74, 6) is 0. The fourth-order valence-electron chi connectivity index (χ4n) is 2.16. The quantitative estimate of drug-likeness (QED) is 0.884. The lowest BCUT2D eigenvalue weighted by Gasteiger charge is -2.18. The van der Waals surface area contributed by atoms with E-state index in [1.165, 1.54) is 11.1 Å². The molecule has 1 aromatic rings. The first kappa shape index (κ1) is 11.1. The van der Waals surface area contributed by atoms with Crippen LogP contribution in [0, 0.1) is 0 Å². The van der Waals surface area contributed by atoms with Crippen molar-refractivity contribution in [2.75, 3.05) is 6.61 Å². The maximum absolute atomic E-state index is 9.02. The van der Waals surface area contributed by atoms with Crippen molar-refractivity contribution >= 4 is 15.9 Å². The van der Waals surface area contributed by atoms with Crippen molar-refractivity contribution in [3.8, 4) is 0 Å². The van der Waals surface area contributed by atoms with Gasteiger partial charge in [0.25, 0.3) is 0 Å². The molecule has 2 atom stereocenters. The lowest BCUT2D eigenvalue weighted by molar-refractivity contribution is 0.240. The highest BCUT2D eigenvalue weighted by Crippen LogP contribution is 2.33. The first-order chi connectivity index (χ1) is 7.20. The topological polar surface area (TPSA) is 32.3 Å². The van der Waals surface area contributed by atoms with E-state index in [1.807, 2.05) is 6.92 Å². The second-order valence-corrected chi connectivity index (χ2v) is 5.10. The lowest BCUT2D eigenvalue weighted by Crippen LogP contribution is -2.32. The molecule has 0 heterocycles. The van der Waals surface area contributed by atoms with Crippen LogP contribution in [0.4, 0.5) is 0 Å². The van der Waals surface area contributed by atoms with Crippen molar-refractivity contribution in [1.29, 1.82) is 0 Å². The van der Waals surface area contributed by atoms with E-state index in [9.17, 15) is 0 Å². The highest BCUT2D eigenvalue weighted by Gasteiger charge is 2.23. The largest absolute Gasteiger partial charge is 0.395 e. The van der Waals surface area contributed by atoms with E-state index in [0.717, 1.165) is 17.3 Å². The third kappa shape index (κ3) is 2.41. The number of aliphatic hydroxyl groups is 1. The molecule has 0 radical (unpaired) electrons. The molecule has 1 aliphatic carbocycles. The monoisotopic (exact) mass is 269 g/mol. The molecule has 0 amide bonds. The minimum absolute atomic E-state index is 0.171. The van der Waals surface area contributed by atoms with Gasteiger partial charge in [0.15, 0.2) is 0 Å². The van der Waals surface area contributed by atoms with E-state index in [2.05, 4.69) is 39.4 Å². The highest BCUT2D eigenvalue weighted by molar-refractivity contribution is 9.10. The summed E-state index contributed by atoms with van der Waals surface area (Å²) >= 11 is 3.49. The molecule has 0 spiro atoms. The van der Waals surface area contributed by atoms with Crippen LogP contribution < -0.4 is 5.32 Å². The van der Waals surface area contributed by atoms with E-state index < -0.39 is 0 Å². The summed E-state index contributed by atoms with van der Waals surface area (Å²) in [6, 6.07) is 7.04. The first-order valence-corrected chi connectivity index (χ1v) is 6.15. The Balaban J connectivity index is 2.14. The van der Waals surface area contributed by atoms with Crippen molar-refractivity contribution in [3.63, 3.8) is 0 Å². The van der Waals surface area contributed by atoms with Crippen LogP contribution in [0.25, 0.3) is 0 Å². The molecule has 3 heteroatoms. The number of fused-ring (bicyclic) bond motifs is 1. The molecular weight excluding hydrogens is 254 g/mol. The Bertz CT molecular complexity index is 353. The summed E-state index contributed by atoms with van der Waals surface area (Å²) in [7, 11) is 0. The van der Waals surface area contributed by atoms with Crippen LogP contribution in [-0.4, -0.2) is 17.8 Å². The molecule has 2 nitrogen and oxygen atoms in total. The van der Waals surface area contributed by atoms with Gasteiger partial charge in [-0.1, -0.05) is 22.0 Å². The lowest BCUT2D eigenvalue weighted by atomic mass is 10.1. The van der Waals surface area contributed by atoms with Gasteiger partial charge in [0.2, 0.25) is 0 Å². The Labute approximate surface area is 98.8 Å². The zero-order valence-electron chi connectivity index (χ0n) is 8.83. The zero-order valence-corrected chi connectivity index (χ0v) is 10.4. The van der Waals surface area contributed by atoms with Crippen LogP contribution >= 0.6 is 15.9 Å². The fraction of sp³-hybridized carbons (Fsp3) is 0.500. The van der Waals surface area contributed by atoms with Gasteiger partial charge in [-0.25, -0.2) is 0 Å². The minimum Gasteiger partial charge on any atom is -0.395 e. The first-order valence-electron chi connectivity index (χ1n) is 5.36. The predicted octanol–water partition coefficient (Wildman–Crippen LogP) is 2.41. The summed E-state index contributed by atoms with van der Waals surface area (Å²) in [5.41, 5.74) is 2.81. The molecule has 0 fully saturated rings. The Morgan fingerprint density at radius 1 is 1.60 bits per heavy atom. The number of nitrogens with one attached hydrogen (secondary N) is 1. The summed E-state index contributed by atoms with van der Waals surface area (Å²) in [6.07, 6.45) is 2.26. The van der Waals surface area contributed by atoms with Gasteiger partial charge in [0, 0.05) is 16.6 Å². The summed E-state index contributed by atoms with van der Waals surface area (Å²) in [4.78, 5) is 0. The van der Waals surface area contributed by atoms with E-state index in [-0.39, 0.29) is 12.6 Å². The molecule has 82 valence electrons. The molecule has 0 saturated carbocycles. The van der Waals surface area contributed by atoms with Gasteiger partial charge in [-0.05, 0) is 43.0 Å². The Kier molecular flexibility index (Phi) is 3.44. The van der Waals surface area contributed by atoms with Crippen LogP contribution in [0.1, 0.15) is 30.5 Å². The molecule has 2 rings (SSSR count). The zero-order chi connectivity index (χ0) is 10.8. The summed E-state index contributed by atoms with van der Waals surface area (Å²) < 4.78 is 1.15. The third-order valence-electron chi connectivity index (χ3n) is 2.94. The number of aryl methyl sites for hydroxylation is 1. The number of hydrogen-bond acceptors (Lipinski definition) is 2. The van der Waals surface area contributed by atoms with Crippen LogP contribution in [0.15, 0.2) is 22.7 Å². The molecule has 0 aliphatic heterocycles. The van der Waals surface area contributed by atoms with Gasteiger partial charge >= 0.3 is 0 Å². The number of rotatable bonds is 3. The highest BCUT2D eigenvalue weighted by atomic mass is 79.9. The van der Waals surface area contributed by atoms with Crippen molar-refractivity contribution in [1.82, 2.24) is 5.32 Å². The average molecular weight is 270 g/mol. The fourth-order valence-corrected chi connectivity index (χ4v) is 2.56. The van der Waals surface area contributed by atoms with Crippen LogP contribution in [-0.2, 0) is 6.42 Å². The smallest absolute Gasteiger partial charge is 0.0582 e. The standard InChI is InChI=1S/C12H16BrNO/c1-8(7-15)14-12-5-2-9-6-10(13)3-4-11(9)12/h3-4,6,8,12,14-15H,2,5,7H2,1H3/t8-,12?/m1/s1. The van der Waals surface area contributed by atoms with Crippen LogP contribution in [0.3, 0.4) is 0 Å². The normalized spacial score (nSPS) is 21.4. The Morgan fingerprint density at radius 3 is 3.13 bits per heavy atom. The Morgan fingerprint density at radius 2 is 2.40 bits per heavy atom. The molecule has 1 aliphatic rings. The van der Waals surface area contributed by atoms with Gasteiger partial charge in [-0.15, -0.1) is 0 Å². The van der Waals surface area contributed by atoms with Crippen molar-refractivity contribution in [2.45, 2.75) is 31.8 Å². The average Bonchev–Trinajstić information content (AvgIpc) is 2.60. The second kappa shape index (κ2) is 4.64. The molecule has 1 unspecified atom stereocenters. The van der Waals surface area contributed by atoms with Gasteiger partial charge in [0.1, 0.15) is 0 Å². The maximum Gasteiger partial charge on any atom is 0.0582 e. The molecule has 0 bridgehead atoms. The molecular formula is C12H16BrNO. The van der Waals surface area contributed by atoms with Gasteiger partial charge < -0.3 is 10.4 Å². The van der Waals surface area contributed by atoms with Gasteiger partial charge in [0.05, 0.1) is 6.61 Å². The summed E-state index contributed by atoms with van der Waals surface area (Å²) in [5, 5.41) is 12.5. The van der Waals surface area contributed by atoms with E-state index in [1.54, 1.807) is 0 Å². The van der Waals surface area contributed by atoms with Crippen LogP contribution in [0.5, 0.6) is 0 Å². The van der Waals surface area contributed by atoms with E-state index in [0.29, 0.717) is 6.04 Å². The van der Waals surface area contributed by atoms with Crippen molar-refractivity contribution < 1.29 is 5.11 Å². The number of halogens is 1. The third-order valence-corrected chi connectivity index (χ3v) is 3.44. The van der Waals surface area contributed by atoms with Gasteiger partial charge in [-0.2, -0.15) is 0 Å². The molecule has 15 heavy (non-hydrogen) atoms. The SMILES string of the molecule is C[C@H](CO)NC1CCc2cc(Br)ccc21. The minimum atomic E-state index is 0.171. The van der Waals surface area contributed by atoms with E-state index in [4.69, 9.17) is 5.11 Å². The maximum atomic E-state index is 9.02. The molecule has 0 aromatic heterocycles. The van der Waals surface area contributed by atoms with E-state index >= 15 is 0 Å². The Hall–Kier alpha value is -0.380. The molecule has 1 aromatic carbocycles. The summed E-state index contributed by atoms with van der Waals surface area (Å²) in [6.45, 7) is 2.21. The van der Waals surface area contributed by atoms with Crippen LogP contribution in [0.2, 0.25) is 0 Å². The molecule has 0 saturated heterocycles. The van der Waals surface area contributed by atoms with Gasteiger partial charge in [-0.3, -0.25) is 0 Å². The van der Waals surface area contributed by atoms with Crippen molar-refractivity contribution in [3.05, 3.63) is 33.8 Å².